The van der Waals surface area contributed by atoms with Crippen LogP contribution < -0.4 is 5.32 Å². The van der Waals surface area contributed by atoms with Crippen molar-refractivity contribution in [1.82, 2.24) is 5.32 Å². The molecular weight excluding hydrogens is 297 g/mol. The van der Waals surface area contributed by atoms with Gasteiger partial charge in [0.05, 0.1) is 0 Å². The molecule has 21 heavy (non-hydrogen) atoms. The number of aromatic hydroxyl groups is 1. The summed E-state index contributed by atoms with van der Waals surface area (Å²) in [6, 6.07) is 5.35. The van der Waals surface area contributed by atoms with Crippen LogP contribution in [0.25, 0.3) is 0 Å². The minimum atomic E-state index is -1.05. The van der Waals surface area contributed by atoms with Gasteiger partial charge >= 0.3 is 5.97 Å². The minimum Gasteiger partial charge on any atom is -0.508 e. The van der Waals surface area contributed by atoms with Crippen LogP contribution in [-0.2, 0) is 16.0 Å². The molecule has 0 aliphatic rings. The van der Waals surface area contributed by atoms with Gasteiger partial charge in [-0.1, -0.05) is 31.9 Å². The maximum atomic E-state index is 11.7. The monoisotopic (exact) mass is 318 g/mol. The molecule has 111 valence electrons. The van der Waals surface area contributed by atoms with Crippen molar-refractivity contribution in [2.75, 3.05) is 0 Å². The first kappa shape index (κ1) is 20.6. The van der Waals surface area contributed by atoms with Crippen molar-refractivity contribution in [2.24, 2.45) is 0 Å². The molecule has 0 heterocycles. The molecule has 0 aromatic heterocycles. The number of unbranched alkanes of at least 4 members (excludes halogenated alkanes) is 2. The van der Waals surface area contributed by atoms with Crippen LogP contribution in [0.3, 0.4) is 0 Å². The molecule has 1 rings (SSSR count). The molecule has 0 fully saturated rings. The van der Waals surface area contributed by atoms with E-state index in [1.165, 1.54) is 12.1 Å². The molecule has 1 aromatic carbocycles. The maximum absolute atomic E-state index is 11.7. The van der Waals surface area contributed by atoms with Gasteiger partial charge < -0.3 is 15.5 Å². The fourth-order valence-electron chi connectivity index (χ4n) is 1.87. The molecule has 3 N–H and O–H groups in total. The van der Waals surface area contributed by atoms with Gasteiger partial charge in [0.25, 0.3) is 0 Å². The number of rotatable bonds is 8. The quantitative estimate of drug-likeness (QED) is 0.503. The number of hydrogen-bond donors (Lipinski definition) is 3. The number of carbonyl (C=O) groups excluding carboxylic acids is 1. The van der Waals surface area contributed by atoms with Gasteiger partial charge in [0.15, 0.2) is 0 Å². The average Bonchev–Trinajstić information content (AvgIpc) is 2.40. The number of carboxylic acid groups (broad SMARTS) is 1. The number of aliphatic carboxylic acids is 1. The van der Waals surface area contributed by atoms with Gasteiger partial charge in [-0.25, -0.2) is 4.79 Å². The standard InChI is InChI=1S/C15H21NO4.K/c1-2-3-4-5-14(18)16-13(15(19)20)10-11-6-8-12(17)9-7-11;/h6-9,13,17H,2-5,10H2,1H3,(H,16,18)(H,19,20);/t13-;/m0./s1. The summed E-state index contributed by atoms with van der Waals surface area (Å²) in [5.74, 6) is -1.16. The largest absolute Gasteiger partial charge is 0.508 e. The predicted molar refractivity (Wildman–Crippen MR) is 81.3 cm³/mol. The smallest absolute Gasteiger partial charge is 0.326 e. The van der Waals surface area contributed by atoms with Crippen LogP contribution in [0, 0.1) is 0 Å². The molecule has 1 atom stereocenters. The third kappa shape index (κ3) is 8.58. The number of carboxylic acids is 1. The second kappa shape index (κ2) is 11.2. The number of phenolic OH excluding ortho intramolecular Hbond substituents is 1. The van der Waals surface area contributed by atoms with E-state index in [9.17, 15) is 14.7 Å². The summed E-state index contributed by atoms with van der Waals surface area (Å²) >= 11 is 0. The fraction of sp³-hybridized carbons (Fsp3) is 0.467. The van der Waals surface area contributed by atoms with E-state index in [0.29, 0.717) is 6.42 Å². The number of nitrogens with one attached hydrogen (secondary N) is 1. The molecule has 0 aliphatic carbocycles. The van der Waals surface area contributed by atoms with Crippen LogP contribution in [0.2, 0.25) is 0 Å². The summed E-state index contributed by atoms with van der Waals surface area (Å²) < 4.78 is 0. The molecule has 0 unspecified atom stereocenters. The molecule has 0 aliphatic heterocycles. The van der Waals surface area contributed by atoms with Crippen LogP contribution in [0.15, 0.2) is 24.3 Å². The van der Waals surface area contributed by atoms with Crippen LogP contribution in [0.5, 0.6) is 5.75 Å². The van der Waals surface area contributed by atoms with Crippen molar-refractivity contribution in [3.63, 3.8) is 0 Å². The summed E-state index contributed by atoms with van der Waals surface area (Å²) in [4.78, 5) is 22.8. The van der Waals surface area contributed by atoms with Gasteiger partial charge in [0, 0.05) is 64.2 Å². The Bertz CT molecular complexity index is 447. The van der Waals surface area contributed by atoms with E-state index in [4.69, 9.17) is 5.11 Å². The van der Waals surface area contributed by atoms with Gasteiger partial charge in [-0.3, -0.25) is 4.79 Å². The number of amides is 1. The fourth-order valence-corrected chi connectivity index (χ4v) is 1.87. The van der Waals surface area contributed by atoms with Crippen LogP contribution in [0.4, 0.5) is 0 Å². The van der Waals surface area contributed by atoms with Crippen molar-refractivity contribution in [3.05, 3.63) is 29.8 Å². The van der Waals surface area contributed by atoms with E-state index < -0.39 is 12.0 Å². The number of carbonyl (C=O) groups is 2. The van der Waals surface area contributed by atoms with Gasteiger partial charge in [-0.05, 0) is 24.1 Å². The average molecular weight is 318 g/mol. The van der Waals surface area contributed by atoms with Crippen molar-refractivity contribution >= 4 is 63.3 Å². The molecule has 5 nitrogen and oxygen atoms in total. The third-order valence-electron chi connectivity index (χ3n) is 3.02. The first-order chi connectivity index (χ1) is 9.52. The first-order valence-electron chi connectivity index (χ1n) is 6.83. The SMILES string of the molecule is CCCCCC(=O)N[C@@H](Cc1ccc(O)cc1)C(=O)O.[K]. The van der Waals surface area contributed by atoms with Crippen LogP contribution in [0.1, 0.15) is 38.2 Å². The predicted octanol–water partition coefficient (Wildman–Crippen LogP) is 1.70. The van der Waals surface area contributed by atoms with E-state index in [0.717, 1.165) is 24.8 Å². The zero-order valence-corrected chi connectivity index (χ0v) is 15.8. The topological polar surface area (TPSA) is 86.6 Å². The number of benzene rings is 1. The molecular formula is C15H21KNO4. The van der Waals surface area contributed by atoms with Crippen molar-refractivity contribution in [1.29, 1.82) is 0 Å². The molecule has 6 heteroatoms. The normalized spacial score (nSPS) is 11.3. The summed E-state index contributed by atoms with van der Waals surface area (Å²) in [6.45, 7) is 2.04. The second-order valence-corrected chi connectivity index (χ2v) is 4.79. The zero-order valence-electron chi connectivity index (χ0n) is 12.6. The zero-order chi connectivity index (χ0) is 15.0. The van der Waals surface area contributed by atoms with E-state index in [-0.39, 0.29) is 69.5 Å². The Morgan fingerprint density at radius 2 is 1.81 bits per heavy atom. The Balaban J connectivity index is 0.00000400. The summed E-state index contributed by atoms with van der Waals surface area (Å²) in [7, 11) is 0. The van der Waals surface area contributed by atoms with Crippen molar-refractivity contribution < 1.29 is 19.8 Å². The van der Waals surface area contributed by atoms with E-state index in [2.05, 4.69) is 5.32 Å². The van der Waals surface area contributed by atoms with E-state index in [1.807, 2.05) is 6.92 Å². The van der Waals surface area contributed by atoms with E-state index >= 15 is 0 Å². The Morgan fingerprint density at radius 3 is 2.33 bits per heavy atom. The Kier molecular flexibility index (Phi) is 11.0. The summed E-state index contributed by atoms with van der Waals surface area (Å²) in [6.07, 6.45) is 3.31. The maximum Gasteiger partial charge on any atom is 0.326 e. The molecule has 0 saturated carbocycles. The van der Waals surface area contributed by atoms with Gasteiger partial charge in [0.2, 0.25) is 5.91 Å². The van der Waals surface area contributed by atoms with Crippen LogP contribution in [-0.4, -0.2) is 79.5 Å². The number of phenols is 1. The van der Waals surface area contributed by atoms with Gasteiger partial charge in [0.1, 0.15) is 11.8 Å². The Hall–Kier alpha value is -0.404. The third-order valence-corrected chi connectivity index (χ3v) is 3.02. The molecule has 0 bridgehead atoms. The molecule has 0 spiro atoms. The minimum absolute atomic E-state index is 0. The second-order valence-electron chi connectivity index (χ2n) is 4.79. The van der Waals surface area contributed by atoms with Gasteiger partial charge in [-0.15, -0.1) is 0 Å². The van der Waals surface area contributed by atoms with Crippen LogP contribution >= 0.6 is 0 Å². The van der Waals surface area contributed by atoms with Crippen molar-refractivity contribution in [3.8, 4) is 5.75 Å². The molecule has 0 saturated heterocycles. The molecule has 1 amide bonds. The first-order valence-corrected chi connectivity index (χ1v) is 6.83. The summed E-state index contributed by atoms with van der Waals surface area (Å²) in [5.41, 5.74) is 0.754. The Morgan fingerprint density at radius 1 is 1.19 bits per heavy atom. The van der Waals surface area contributed by atoms with E-state index in [1.54, 1.807) is 12.1 Å². The molecule has 1 radical (unpaired) electrons. The Labute approximate surface area is 167 Å². The van der Waals surface area contributed by atoms with Gasteiger partial charge in [-0.2, -0.15) is 0 Å². The molecule has 1 aromatic rings. The number of hydrogen-bond acceptors (Lipinski definition) is 3. The summed E-state index contributed by atoms with van der Waals surface area (Å²) in [5, 5.41) is 20.9. The van der Waals surface area contributed by atoms with Crippen molar-refractivity contribution in [2.45, 2.75) is 45.1 Å².